The number of hydrogen-bond acceptors (Lipinski definition) is 3. The first-order valence-electron chi connectivity index (χ1n) is 8.63. The van der Waals surface area contributed by atoms with Gasteiger partial charge in [-0.15, -0.1) is 0 Å². The van der Waals surface area contributed by atoms with Gasteiger partial charge in [0.05, 0.1) is 23.7 Å². The number of imidazole rings is 1. The van der Waals surface area contributed by atoms with E-state index in [4.69, 9.17) is 4.74 Å². The van der Waals surface area contributed by atoms with Crippen LogP contribution in [0.25, 0.3) is 28.9 Å². The van der Waals surface area contributed by atoms with E-state index in [-0.39, 0.29) is 5.97 Å². The molecular formula is C23H18N2O2. The summed E-state index contributed by atoms with van der Waals surface area (Å²) in [6.45, 7) is 0. The van der Waals surface area contributed by atoms with Crippen molar-refractivity contribution >= 4 is 29.2 Å². The second-order valence-electron chi connectivity index (χ2n) is 6.15. The lowest BCUT2D eigenvalue weighted by Gasteiger charge is -2.05. The van der Waals surface area contributed by atoms with Gasteiger partial charge in [-0.05, 0) is 47.5 Å². The maximum atomic E-state index is 11.5. The Balaban J connectivity index is 1.59. The molecule has 0 N–H and O–H groups in total. The molecule has 0 spiro atoms. The Morgan fingerprint density at radius 1 is 0.926 bits per heavy atom. The van der Waals surface area contributed by atoms with Crippen LogP contribution >= 0.6 is 0 Å². The number of benzene rings is 3. The van der Waals surface area contributed by atoms with Crippen LogP contribution < -0.4 is 0 Å². The van der Waals surface area contributed by atoms with Gasteiger partial charge in [0.1, 0.15) is 6.33 Å². The van der Waals surface area contributed by atoms with Gasteiger partial charge in [0.25, 0.3) is 0 Å². The third kappa shape index (κ3) is 3.51. The zero-order chi connectivity index (χ0) is 18.6. The van der Waals surface area contributed by atoms with E-state index in [0.717, 1.165) is 27.8 Å². The lowest BCUT2D eigenvalue weighted by molar-refractivity contribution is 0.0600. The maximum Gasteiger partial charge on any atom is 0.337 e. The molecule has 0 aliphatic carbocycles. The van der Waals surface area contributed by atoms with E-state index in [1.807, 2.05) is 48.8 Å². The van der Waals surface area contributed by atoms with E-state index in [1.54, 1.807) is 12.1 Å². The normalized spacial score (nSPS) is 11.1. The van der Waals surface area contributed by atoms with Crippen LogP contribution in [-0.4, -0.2) is 22.6 Å². The molecule has 0 saturated carbocycles. The Morgan fingerprint density at radius 3 is 2.52 bits per heavy atom. The molecule has 132 valence electrons. The quantitative estimate of drug-likeness (QED) is 0.383. The molecule has 0 fully saturated rings. The van der Waals surface area contributed by atoms with Crippen LogP contribution in [-0.2, 0) is 4.74 Å². The highest BCUT2D eigenvalue weighted by Crippen LogP contribution is 2.19. The highest BCUT2D eigenvalue weighted by Gasteiger charge is 2.05. The van der Waals surface area contributed by atoms with Crippen LogP contribution in [0.4, 0.5) is 0 Å². The molecule has 0 atom stereocenters. The Labute approximate surface area is 157 Å². The zero-order valence-electron chi connectivity index (χ0n) is 14.9. The van der Waals surface area contributed by atoms with Gasteiger partial charge in [-0.2, -0.15) is 0 Å². The maximum absolute atomic E-state index is 11.5. The average molecular weight is 354 g/mol. The molecular weight excluding hydrogens is 336 g/mol. The number of carbonyl (C=O) groups excluding carboxylic acids is 1. The van der Waals surface area contributed by atoms with Gasteiger partial charge in [0.15, 0.2) is 0 Å². The van der Waals surface area contributed by atoms with Gasteiger partial charge < -0.3 is 4.74 Å². The second-order valence-corrected chi connectivity index (χ2v) is 6.15. The van der Waals surface area contributed by atoms with Crippen LogP contribution in [0.2, 0.25) is 0 Å². The summed E-state index contributed by atoms with van der Waals surface area (Å²) >= 11 is 0. The van der Waals surface area contributed by atoms with Gasteiger partial charge >= 0.3 is 5.97 Å². The molecule has 0 radical (unpaired) electrons. The lowest BCUT2D eigenvalue weighted by Crippen LogP contribution is -2.00. The van der Waals surface area contributed by atoms with Crippen molar-refractivity contribution in [1.82, 2.24) is 9.55 Å². The number of fused-ring (bicyclic) bond motifs is 1. The van der Waals surface area contributed by atoms with E-state index in [1.165, 1.54) is 7.11 Å². The number of methoxy groups -OCH3 is 1. The van der Waals surface area contributed by atoms with E-state index in [0.29, 0.717) is 5.56 Å². The number of nitrogens with zero attached hydrogens (tertiary/aromatic N) is 2. The first-order valence-corrected chi connectivity index (χ1v) is 8.63. The minimum Gasteiger partial charge on any atom is -0.465 e. The number of carbonyl (C=O) groups is 1. The van der Waals surface area contributed by atoms with Crippen molar-refractivity contribution in [3.63, 3.8) is 0 Å². The fourth-order valence-electron chi connectivity index (χ4n) is 2.98. The van der Waals surface area contributed by atoms with Crippen molar-refractivity contribution in [2.75, 3.05) is 7.11 Å². The van der Waals surface area contributed by atoms with Crippen molar-refractivity contribution in [1.29, 1.82) is 0 Å². The molecule has 4 nitrogen and oxygen atoms in total. The Kier molecular flexibility index (Phi) is 4.54. The minimum atomic E-state index is -0.328. The third-order valence-corrected chi connectivity index (χ3v) is 4.40. The van der Waals surface area contributed by atoms with Crippen molar-refractivity contribution < 1.29 is 9.53 Å². The average Bonchev–Trinajstić information content (AvgIpc) is 3.16. The Hall–Kier alpha value is -3.66. The summed E-state index contributed by atoms with van der Waals surface area (Å²) in [4.78, 5) is 16.0. The summed E-state index contributed by atoms with van der Waals surface area (Å²) in [7, 11) is 1.38. The highest BCUT2D eigenvalue weighted by atomic mass is 16.5. The molecule has 0 saturated heterocycles. The molecule has 4 rings (SSSR count). The fraction of sp³-hybridized carbons (Fsp3) is 0.0435. The lowest BCUT2D eigenvalue weighted by atomic mass is 10.1. The van der Waals surface area contributed by atoms with E-state index in [9.17, 15) is 4.79 Å². The first-order chi connectivity index (χ1) is 13.2. The van der Waals surface area contributed by atoms with Crippen molar-refractivity contribution in [3.8, 4) is 5.69 Å². The summed E-state index contributed by atoms with van der Waals surface area (Å²) in [5.74, 6) is -0.328. The van der Waals surface area contributed by atoms with Crippen molar-refractivity contribution in [3.05, 3.63) is 95.8 Å². The molecule has 0 aliphatic heterocycles. The number of hydrogen-bond donors (Lipinski definition) is 0. The first kappa shape index (κ1) is 16.8. The van der Waals surface area contributed by atoms with E-state index >= 15 is 0 Å². The van der Waals surface area contributed by atoms with Crippen LogP contribution in [0, 0.1) is 0 Å². The number of aromatic nitrogens is 2. The number of rotatable bonds is 4. The fourth-order valence-corrected chi connectivity index (χ4v) is 2.98. The van der Waals surface area contributed by atoms with Gasteiger partial charge in [-0.1, -0.05) is 48.6 Å². The number of esters is 1. The largest absolute Gasteiger partial charge is 0.465 e. The molecule has 1 heterocycles. The van der Waals surface area contributed by atoms with Crippen LogP contribution in [0.1, 0.15) is 21.5 Å². The van der Waals surface area contributed by atoms with Crippen LogP contribution in [0.5, 0.6) is 0 Å². The molecule has 4 aromatic rings. The summed E-state index contributed by atoms with van der Waals surface area (Å²) in [5, 5.41) is 0. The van der Waals surface area contributed by atoms with Gasteiger partial charge in [-0.3, -0.25) is 4.57 Å². The minimum absolute atomic E-state index is 0.328. The predicted molar refractivity (Wildman–Crippen MR) is 108 cm³/mol. The molecule has 27 heavy (non-hydrogen) atoms. The van der Waals surface area contributed by atoms with Gasteiger partial charge in [-0.25, -0.2) is 9.78 Å². The van der Waals surface area contributed by atoms with E-state index in [2.05, 4.69) is 39.9 Å². The second kappa shape index (κ2) is 7.30. The summed E-state index contributed by atoms with van der Waals surface area (Å²) in [5.41, 5.74) is 5.76. The van der Waals surface area contributed by atoms with Crippen molar-refractivity contribution in [2.24, 2.45) is 0 Å². The summed E-state index contributed by atoms with van der Waals surface area (Å²) in [6.07, 6.45) is 5.92. The highest BCUT2D eigenvalue weighted by molar-refractivity contribution is 5.89. The molecule has 3 aromatic carbocycles. The van der Waals surface area contributed by atoms with Crippen LogP contribution in [0.15, 0.2) is 79.1 Å². The third-order valence-electron chi connectivity index (χ3n) is 4.40. The predicted octanol–water partition coefficient (Wildman–Crippen LogP) is 4.98. The molecule has 0 amide bonds. The molecule has 4 heteroatoms. The molecule has 0 unspecified atom stereocenters. The number of ether oxygens (including phenoxy) is 1. The molecule has 0 aliphatic rings. The SMILES string of the molecule is COC(=O)c1ccc(/C=C/c2cccc(-n3cnc4ccccc43)c2)cc1. The summed E-state index contributed by atoms with van der Waals surface area (Å²) < 4.78 is 6.80. The standard InChI is InChI=1S/C23H18N2O2/c1-27-23(26)19-13-11-17(12-14-19)9-10-18-5-4-6-20(15-18)25-16-24-21-7-2-3-8-22(21)25/h2-16H,1H3/b10-9+. The smallest absolute Gasteiger partial charge is 0.337 e. The zero-order valence-corrected chi connectivity index (χ0v) is 14.9. The van der Waals surface area contributed by atoms with E-state index < -0.39 is 0 Å². The van der Waals surface area contributed by atoms with Crippen LogP contribution in [0.3, 0.4) is 0 Å². The number of para-hydroxylation sites is 2. The Morgan fingerprint density at radius 2 is 1.70 bits per heavy atom. The monoisotopic (exact) mass is 354 g/mol. The molecule has 1 aromatic heterocycles. The topological polar surface area (TPSA) is 44.1 Å². The Bertz CT molecular complexity index is 1120. The van der Waals surface area contributed by atoms with Gasteiger partial charge in [0, 0.05) is 5.69 Å². The summed E-state index contributed by atoms with van der Waals surface area (Å²) in [6, 6.07) is 23.7. The van der Waals surface area contributed by atoms with Gasteiger partial charge in [0.2, 0.25) is 0 Å². The van der Waals surface area contributed by atoms with Crippen molar-refractivity contribution in [2.45, 2.75) is 0 Å². The molecule has 0 bridgehead atoms.